The molecule has 1 atom stereocenters. The third-order valence-electron chi connectivity index (χ3n) is 3.73. The van der Waals surface area contributed by atoms with Crippen LogP contribution in [0, 0.1) is 5.41 Å². The van der Waals surface area contributed by atoms with Crippen LogP contribution in [0.3, 0.4) is 0 Å². The summed E-state index contributed by atoms with van der Waals surface area (Å²) in [5, 5.41) is -0.329. The van der Waals surface area contributed by atoms with E-state index in [0.717, 1.165) is 25.7 Å². The largest absolute Gasteiger partial charge is 0.466 e. The predicted molar refractivity (Wildman–Crippen MR) is 81.3 cm³/mol. The van der Waals surface area contributed by atoms with Gasteiger partial charge in [0, 0.05) is 11.8 Å². The molecule has 0 heterocycles. The van der Waals surface area contributed by atoms with E-state index in [4.69, 9.17) is 51.1 Å². The lowest BCUT2D eigenvalue weighted by Gasteiger charge is -2.41. The minimum absolute atomic E-state index is 0.209. The van der Waals surface area contributed by atoms with Crippen molar-refractivity contribution in [3.05, 3.63) is 0 Å². The molecule has 2 nitrogen and oxygen atoms in total. The summed E-state index contributed by atoms with van der Waals surface area (Å²) in [4.78, 5) is 11.8. The standard InChI is InChI=1S/C13H20Cl4O2/c1-2-19-11(18)9-12(6-4-3-5-7-12)10(14)8-13(15,16)17/h10H,2-9H2,1H3. The van der Waals surface area contributed by atoms with E-state index in [-0.39, 0.29) is 23.2 Å². The fourth-order valence-corrected chi connectivity index (χ4v) is 4.00. The summed E-state index contributed by atoms with van der Waals surface area (Å²) >= 11 is 24.0. The number of esters is 1. The summed E-state index contributed by atoms with van der Waals surface area (Å²) < 4.78 is 3.67. The van der Waals surface area contributed by atoms with Gasteiger partial charge in [-0.15, -0.1) is 11.6 Å². The maximum Gasteiger partial charge on any atom is 0.306 e. The Morgan fingerprint density at radius 3 is 2.32 bits per heavy atom. The molecule has 0 amide bonds. The Balaban J connectivity index is 2.77. The van der Waals surface area contributed by atoms with Crippen molar-refractivity contribution in [1.29, 1.82) is 0 Å². The monoisotopic (exact) mass is 348 g/mol. The molecular formula is C13H20Cl4O2. The maximum absolute atomic E-state index is 11.8. The van der Waals surface area contributed by atoms with E-state index in [1.54, 1.807) is 6.92 Å². The molecule has 1 unspecified atom stereocenters. The van der Waals surface area contributed by atoms with E-state index in [1.165, 1.54) is 6.42 Å². The van der Waals surface area contributed by atoms with Gasteiger partial charge < -0.3 is 4.74 Å². The highest BCUT2D eigenvalue weighted by Crippen LogP contribution is 2.49. The fourth-order valence-electron chi connectivity index (χ4n) is 2.78. The summed E-state index contributed by atoms with van der Waals surface area (Å²) in [6, 6.07) is 0. The summed E-state index contributed by atoms with van der Waals surface area (Å²) in [7, 11) is 0. The second-order valence-electron chi connectivity index (χ2n) is 5.19. The van der Waals surface area contributed by atoms with E-state index < -0.39 is 3.79 Å². The Bertz CT molecular complexity index is 296. The minimum Gasteiger partial charge on any atom is -0.466 e. The Morgan fingerprint density at radius 1 is 1.26 bits per heavy atom. The lowest BCUT2D eigenvalue weighted by molar-refractivity contribution is -0.146. The number of rotatable bonds is 5. The topological polar surface area (TPSA) is 26.3 Å². The highest BCUT2D eigenvalue weighted by Gasteiger charge is 2.43. The molecule has 0 spiro atoms. The molecule has 1 aliphatic carbocycles. The fraction of sp³-hybridized carbons (Fsp3) is 0.923. The first-order chi connectivity index (χ1) is 8.79. The van der Waals surface area contributed by atoms with Crippen LogP contribution in [0.2, 0.25) is 0 Å². The van der Waals surface area contributed by atoms with Crippen LogP contribution >= 0.6 is 46.4 Å². The van der Waals surface area contributed by atoms with Gasteiger partial charge in [-0.1, -0.05) is 54.1 Å². The second kappa shape index (κ2) is 7.59. The molecule has 0 aromatic heterocycles. The van der Waals surface area contributed by atoms with Crippen LogP contribution in [0.1, 0.15) is 51.9 Å². The molecule has 0 aromatic rings. The van der Waals surface area contributed by atoms with E-state index in [0.29, 0.717) is 13.0 Å². The van der Waals surface area contributed by atoms with Crippen molar-refractivity contribution in [3.63, 3.8) is 0 Å². The van der Waals surface area contributed by atoms with Gasteiger partial charge in [0.2, 0.25) is 0 Å². The highest BCUT2D eigenvalue weighted by atomic mass is 35.6. The van der Waals surface area contributed by atoms with Crippen LogP contribution in [0.25, 0.3) is 0 Å². The zero-order valence-electron chi connectivity index (χ0n) is 11.1. The SMILES string of the molecule is CCOC(=O)CC1(C(Cl)CC(Cl)(Cl)Cl)CCCCC1. The highest BCUT2D eigenvalue weighted by molar-refractivity contribution is 6.67. The first kappa shape index (κ1) is 17.7. The molecule has 19 heavy (non-hydrogen) atoms. The molecule has 0 N–H and O–H groups in total. The lowest BCUT2D eigenvalue weighted by atomic mass is 9.69. The number of hydrogen-bond donors (Lipinski definition) is 0. The summed E-state index contributed by atoms with van der Waals surface area (Å²) in [5.41, 5.74) is -0.296. The zero-order valence-corrected chi connectivity index (χ0v) is 14.1. The van der Waals surface area contributed by atoms with Crippen molar-refractivity contribution >= 4 is 52.4 Å². The molecule has 112 valence electrons. The molecule has 1 fully saturated rings. The number of halogens is 4. The maximum atomic E-state index is 11.8. The van der Waals surface area contributed by atoms with Crippen LogP contribution in [-0.4, -0.2) is 21.7 Å². The van der Waals surface area contributed by atoms with E-state index >= 15 is 0 Å². The Hall–Kier alpha value is 0.630. The number of carbonyl (C=O) groups is 1. The van der Waals surface area contributed by atoms with Gasteiger partial charge in [0.1, 0.15) is 0 Å². The summed E-state index contributed by atoms with van der Waals surface area (Å²) in [6.07, 6.45) is 5.63. The molecule has 1 rings (SSSR count). The molecule has 6 heteroatoms. The van der Waals surface area contributed by atoms with Gasteiger partial charge in [0.25, 0.3) is 0 Å². The predicted octanol–water partition coefficient (Wildman–Crippen LogP) is 5.26. The number of ether oxygens (including phenoxy) is 1. The molecule has 0 aromatic carbocycles. The quantitative estimate of drug-likeness (QED) is 0.500. The van der Waals surface area contributed by atoms with Crippen LogP contribution < -0.4 is 0 Å². The van der Waals surface area contributed by atoms with Crippen LogP contribution in [0.15, 0.2) is 0 Å². The lowest BCUT2D eigenvalue weighted by Crippen LogP contribution is -2.38. The summed E-state index contributed by atoms with van der Waals surface area (Å²) in [5.74, 6) is -0.209. The van der Waals surface area contributed by atoms with Crippen LogP contribution in [0.5, 0.6) is 0 Å². The Labute approximate surface area is 135 Å². The molecule has 1 saturated carbocycles. The van der Waals surface area contributed by atoms with Crippen molar-refractivity contribution in [2.75, 3.05) is 6.61 Å². The molecule has 0 aliphatic heterocycles. The first-order valence-electron chi connectivity index (χ1n) is 6.65. The van der Waals surface area contributed by atoms with E-state index in [9.17, 15) is 4.79 Å². The van der Waals surface area contributed by atoms with Gasteiger partial charge in [-0.3, -0.25) is 4.79 Å². The van der Waals surface area contributed by atoms with Crippen molar-refractivity contribution in [3.8, 4) is 0 Å². The Morgan fingerprint density at radius 2 is 1.84 bits per heavy atom. The van der Waals surface area contributed by atoms with Gasteiger partial charge in [0.05, 0.1) is 13.0 Å². The molecule has 1 aliphatic rings. The normalized spacial score (nSPS) is 20.9. The van der Waals surface area contributed by atoms with Crippen LogP contribution in [-0.2, 0) is 9.53 Å². The minimum atomic E-state index is -1.38. The third kappa shape index (κ3) is 5.87. The second-order valence-corrected chi connectivity index (χ2v) is 8.23. The first-order valence-corrected chi connectivity index (χ1v) is 8.22. The van der Waals surface area contributed by atoms with Gasteiger partial charge in [-0.25, -0.2) is 0 Å². The number of alkyl halides is 4. The van der Waals surface area contributed by atoms with Crippen molar-refractivity contribution in [2.45, 2.75) is 61.0 Å². The van der Waals surface area contributed by atoms with Gasteiger partial charge >= 0.3 is 5.97 Å². The number of carbonyl (C=O) groups excluding carboxylic acids is 1. The average molecular weight is 350 g/mol. The molecule has 0 radical (unpaired) electrons. The van der Waals surface area contributed by atoms with Gasteiger partial charge in [-0.05, 0) is 25.2 Å². The van der Waals surface area contributed by atoms with Crippen molar-refractivity contribution in [2.24, 2.45) is 5.41 Å². The van der Waals surface area contributed by atoms with Gasteiger partial charge in [0.15, 0.2) is 3.79 Å². The van der Waals surface area contributed by atoms with Crippen LogP contribution in [0.4, 0.5) is 0 Å². The molecule has 0 bridgehead atoms. The molecular weight excluding hydrogens is 330 g/mol. The zero-order chi connectivity index (χ0) is 14.5. The Kier molecular flexibility index (Phi) is 7.06. The number of hydrogen-bond acceptors (Lipinski definition) is 2. The van der Waals surface area contributed by atoms with Crippen molar-refractivity contribution in [1.82, 2.24) is 0 Å². The average Bonchev–Trinajstić information content (AvgIpc) is 2.28. The van der Waals surface area contributed by atoms with E-state index in [2.05, 4.69) is 0 Å². The summed E-state index contributed by atoms with van der Waals surface area (Å²) in [6.45, 7) is 2.18. The smallest absolute Gasteiger partial charge is 0.306 e. The molecule has 0 saturated heterocycles. The van der Waals surface area contributed by atoms with Gasteiger partial charge in [-0.2, -0.15) is 0 Å². The third-order valence-corrected chi connectivity index (χ3v) is 4.81. The van der Waals surface area contributed by atoms with Crippen molar-refractivity contribution < 1.29 is 9.53 Å². The van der Waals surface area contributed by atoms with E-state index in [1.807, 2.05) is 0 Å².